The van der Waals surface area contributed by atoms with E-state index in [1.54, 1.807) is 24.3 Å². The molecule has 0 saturated heterocycles. The number of imide groups is 1. The van der Waals surface area contributed by atoms with Crippen LogP contribution in [0.4, 0.5) is 0 Å². The lowest BCUT2D eigenvalue weighted by molar-refractivity contribution is -0.141. The Morgan fingerprint density at radius 1 is 1.04 bits per heavy atom. The zero-order valence-electron chi connectivity index (χ0n) is 12.4. The zero-order chi connectivity index (χ0) is 17.7. The first-order chi connectivity index (χ1) is 11.4. The lowest BCUT2D eigenvalue weighted by Gasteiger charge is -2.27. The lowest BCUT2D eigenvalue weighted by Crippen LogP contribution is -2.47. The van der Waals surface area contributed by atoms with Gasteiger partial charge in [-0.25, -0.2) is 0 Å². The van der Waals surface area contributed by atoms with E-state index >= 15 is 0 Å². The number of hydrogen-bond acceptors (Lipinski definition) is 6. The van der Waals surface area contributed by atoms with Crippen LogP contribution >= 0.6 is 0 Å². The molecule has 4 N–H and O–H groups in total. The van der Waals surface area contributed by atoms with Crippen LogP contribution in [0.5, 0.6) is 11.5 Å². The summed E-state index contributed by atoms with van der Waals surface area (Å²) in [5.74, 6) is -2.88. The van der Waals surface area contributed by atoms with Gasteiger partial charge in [-0.2, -0.15) is 5.26 Å². The maximum atomic E-state index is 12.5. The Morgan fingerprint density at radius 3 is 2.29 bits per heavy atom. The molecule has 24 heavy (non-hydrogen) atoms. The Hall–Kier alpha value is -3.37. The molecule has 0 aromatic heterocycles. The van der Waals surface area contributed by atoms with E-state index in [1.807, 2.05) is 5.32 Å². The molecule has 0 aliphatic rings. The Bertz CT molecular complexity index is 813. The number of phenolic OH excluding ortho intramolecular Hbond substituents is 2. The molecular weight excluding hydrogens is 312 g/mol. The van der Waals surface area contributed by atoms with Crippen molar-refractivity contribution in [2.75, 3.05) is 0 Å². The van der Waals surface area contributed by atoms with Crippen molar-refractivity contribution >= 4 is 11.8 Å². The fourth-order valence-electron chi connectivity index (χ4n) is 2.19. The Kier molecular flexibility index (Phi) is 4.82. The van der Waals surface area contributed by atoms with Gasteiger partial charge in [0, 0.05) is 5.56 Å². The minimum atomic E-state index is -2.29. The second-order valence-electron chi connectivity index (χ2n) is 4.99. The van der Waals surface area contributed by atoms with Crippen LogP contribution in [0.25, 0.3) is 0 Å². The molecule has 0 aliphatic carbocycles. The van der Waals surface area contributed by atoms with Crippen LogP contribution in [0.15, 0.2) is 48.5 Å². The Morgan fingerprint density at radius 2 is 1.71 bits per heavy atom. The molecule has 1 atom stereocenters. The highest BCUT2D eigenvalue weighted by molar-refractivity contribution is 6.02. The van der Waals surface area contributed by atoms with Crippen LogP contribution in [0.2, 0.25) is 0 Å². The van der Waals surface area contributed by atoms with E-state index in [0.29, 0.717) is 0 Å². The van der Waals surface area contributed by atoms with Crippen molar-refractivity contribution in [3.63, 3.8) is 0 Å². The molecule has 2 aromatic carbocycles. The van der Waals surface area contributed by atoms with Crippen LogP contribution in [-0.4, -0.2) is 27.1 Å². The average Bonchev–Trinajstić information content (AvgIpc) is 2.57. The van der Waals surface area contributed by atoms with E-state index in [1.165, 1.54) is 18.2 Å². The van der Waals surface area contributed by atoms with Gasteiger partial charge in [0.2, 0.25) is 5.91 Å². The first kappa shape index (κ1) is 17.0. The van der Waals surface area contributed by atoms with Crippen LogP contribution in [0.1, 0.15) is 17.5 Å². The van der Waals surface area contributed by atoms with Crippen molar-refractivity contribution in [2.45, 2.75) is 12.0 Å². The summed E-state index contributed by atoms with van der Waals surface area (Å²) >= 11 is 0. The summed E-state index contributed by atoms with van der Waals surface area (Å²) in [5.41, 5.74) is -2.19. The van der Waals surface area contributed by atoms with Crippen LogP contribution in [0, 0.1) is 11.3 Å². The van der Waals surface area contributed by atoms with Gasteiger partial charge in [0.05, 0.1) is 6.07 Å². The molecule has 0 saturated carbocycles. The number of rotatable bonds is 4. The van der Waals surface area contributed by atoms with Crippen LogP contribution < -0.4 is 5.32 Å². The predicted molar refractivity (Wildman–Crippen MR) is 82.6 cm³/mol. The van der Waals surface area contributed by atoms with E-state index < -0.39 is 35.3 Å². The average molecular weight is 326 g/mol. The molecule has 7 nitrogen and oxygen atoms in total. The Labute approximate surface area is 137 Å². The van der Waals surface area contributed by atoms with Gasteiger partial charge in [-0.3, -0.25) is 14.9 Å². The van der Waals surface area contributed by atoms with Crippen LogP contribution in [-0.2, 0) is 15.2 Å². The number of carbonyl (C=O) groups excluding carboxylic acids is 2. The maximum absolute atomic E-state index is 12.5. The molecule has 0 radical (unpaired) electrons. The second-order valence-corrected chi connectivity index (χ2v) is 4.99. The smallest absolute Gasteiger partial charge is 0.267 e. The van der Waals surface area contributed by atoms with E-state index in [4.69, 9.17) is 5.26 Å². The molecule has 0 fully saturated rings. The number of aromatic hydroxyl groups is 2. The van der Waals surface area contributed by atoms with Gasteiger partial charge in [0.15, 0.2) is 17.1 Å². The molecule has 0 bridgehead atoms. The third-order valence-corrected chi connectivity index (χ3v) is 3.41. The number of nitrogens with one attached hydrogen (secondary N) is 1. The summed E-state index contributed by atoms with van der Waals surface area (Å²) in [4.78, 5) is 24.0. The highest BCUT2D eigenvalue weighted by Crippen LogP contribution is 2.35. The Balaban J connectivity index is 2.54. The highest BCUT2D eigenvalue weighted by Gasteiger charge is 2.41. The summed E-state index contributed by atoms with van der Waals surface area (Å²) in [7, 11) is 0. The van der Waals surface area contributed by atoms with Crippen molar-refractivity contribution in [3.05, 3.63) is 59.7 Å². The topological polar surface area (TPSA) is 131 Å². The second kappa shape index (κ2) is 6.81. The van der Waals surface area contributed by atoms with Crippen molar-refractivity contribution in [1.29, 1.82) is 5.26 Å². The standard InChI is InChI=1S/C17H14N2O5/c18-9-8-15(22)19-16(23)17(24,11-4-2-1-3-5-11)12-6-7-13(20)14(21)10-12/h1-7,10,20-21,24H,8H2,(H,19,22,23). The molecule has 1 unspecified atom stereocenters. The third kappa shape index (κ3) is 3.19. The molecule has 0 spiro atoms. The number of nitriles is 1. The number of hydrogen-bond donors (Lipinski definition) is 4. The quantitative estimate of drug-likeness (QED) is 0.617. The summed E-state index contributed by atoms with van der Waals surface area (Å²) in [6.45, 7) is 0. The van der Waals surface area contributed by atoms with E-state index in [9.17, 15) is 24.9 Å². The summed E-state index contributed by atoms with van der Waals surface area (Å²) in [6, 6.07) is 12.8. The van der Waals surface area contributed by atoms with Gasteiger partial charge in [-0.15, -0.1) is 0 Å². The first-order valence-electron chi connectivity index (χ1n) is 6.91. The minimum absolute atomic E-state index is 0.0498. The summed E-state index contributed by atoms with van der Waals surface area (Å²) in [5, 5.41) is 40.5. The number of carbonyl (C=O) groups is 2. The minimum Gasteiger partial charge on any atom is -0.504 e. The zero-order valence-corrected chi connectivity index (χ0v) is 12.4. The molecule has 122 valence electrons. The number of amides is 2. The fourth-order valence-corrected chi connectivity index (χ4v) is 2.19. The highest BCUT2D eigenvalue weighted by atomic mass is 16.3. The third-order valence-electron chi connectivity index (χ3n) is 3.41. The van der Waals surface area contributed by atoms with Crippen molar-refractivity contribution in [1.82, 2.24) is 5.32 Å². The fraction of sp³-hybridized carbons (Fsp3) is 0.118. The van der Waals surface area contributed by atoms with E-state index in [2.05, 4.69) is 0 Å². The molecule has 0 aliphatic heterocycles. The normalized spacial score (nSPS) is 12.7. The number of phenols is 2. The predicted octanol–water partition coefficient (Wildman–Crippen LogP) is 0.890. The lowest BCUT2D eigenvalue weighted by atomic mass is 9.85. The molecular formula is C17H14N2O5. The summed E-state index contributed by atoms with van der Waals surface area (Å²) in [6.07, 6.45) is -0.544. The van der Waals surface area contributed by atoms with Gasteiger partial charge in [-0.05, 0) is 17.7 Å². The molecule has 2 amide bonds. The number of benzene rings is 2. The van der Waals surface area contributed by atoms with Gasteiger partial charge < -0.3 is 15.3 Å². The number of nitrogens with zero attached hydrogens (tertiary/aromatic N) is 1. The van der Waals surface area contributed by atoms with Gasteiger partial charge in [-0.1, -0.05) is 36.4 Å². The van der Waals surface area contributed by atoms with Gasteiger partial charge in [0.1, 0.15) is 6.42 Å². The summed E-state index contributed by atoms with van der Waals surface area (Å²) < 4.78 is 0. The first-order valence-corrected chi connectivity index (χ1v) is 6.91. The SMILES string of the molecule is N#CCC(=O)NC(=O)C(O)(c1ccccc1)c1ccc(O)c(O)c1. The molecule has 2 aromatic rings. The van der Waals surface area contributed by atoms with Crippen molar-refractivity contribution in [2.24, 2.45) is 0 Å². The van der Waals surface area contributed by atoms with Crippen molar-refractivity contribution < 1.29 is 24.9 Å². The molecule has 7 heteroatoms. The number of aliphatic hydroxyl groups is 1. The van der Waals surface area contributed by atoms with E-state index in [0.717, 1.165) is 12.1 Å². The van der Waals surface area contributed by atoms with Gasteiger partial charge >= 0.3 is 0 Å². The molecule has 0 heterocycles. The van der Waals surface area contributed by atoms with Crippen LogP contribution in [0.3, 0.4) is 0 Å². The maximum Gasteiger partial charge on any atom is 0.267 e. The monoisotopic (exact) mass is 326 g/mol. The van der Waals surface area contributed by atoms with Crippen molar-refractivity contribution in [3.8, 4) is 17.6 Å². The largest absolute Gasteiger partial charge is 0.504 e. The molecule has 2 rings (SSSR count). The van der Waals surface area contributed by atoms with Gasteiger partial charge in [0.25, 0.3) is 5.91 Å². The van der Waals surface area contributed by atoms with E-state index in [-0.39, 0.29) is 11.1 Å².